The van der Waals surface area contributed by atoms with Crippen LogP contribution >= 0.6 is 12.6 Å². The summed E-state index contributed by atoms with van der Waals surface area (Å²) >= 11 is 3.51. The van der Waals surface area contributed by atoms with Gasteiger partial charge in [-0.2, -0.15) is 0 Å². The quantitative estimate of drug-likeness (QED) is 0.433. The highest BCUT2D eigenvalue weighted by atomic mass is 32.1. The molecule has 0 aliphatic rings. The predicted molar refractivity (Wildman–Crippen MR) is 36.8 cm³/mol. The van der Waals surface area contributed by atoms with E-state index in [1.54, 1.807) is 6.20 Å². The molecule has 1 N–H and O–H groups in total. The first-order valence-corrected chi connectivity index (χ1v) is 2.85. The molecule has 0 spiro atoms. The van der Waals surface area contributed by atoms with Crippen LogP contribution in [-0.4, -0.2) is 11.7 Å². The molecule has 3 heteroatoms. The summed E-state index contributed by atoms with van der Waals surface area (Å²) in [4.78, 5) is 10.1. The maximum atomic E-state index is 10.1. The lowest BCUT2D eigenvalue weighted by Gasteiger charge is -1.87. The Morgan fingerprint density at radius 2 is 2.50 bits per heavy atom. The summed E-state index contributed by atoms with van der Waals surface area (Å²) in [5.74, 6) is 0. The van der Waals surface area contributed by atoms with Crippen LogP contribution in [0.3, 0.4) is 0 Å². The van der Waals surface area contributed by atoms with Gasteiger partial charge in [0.15, 0.2) is 0 Å². The van der Waals surface area contributed by atoms with Crippen molar-refractivity contribution < 1.29 is 4.79 Å². The summed E-state index contributed by atoms with van der Waals surface area (Å²) in [7, 11) is 0. The number of nitrogens with one attached hydrogen (secondary N) is 1. The Hall–Kier alpha value is -0.440. The molecule has 46 valence electrons. The van der Waals surface area contributed by atoms with Gasteiger partial charge in [-0.3, -0.25) is 4.79 Å². The van der Waals surface area contributed by atoms with Gasteiger partial charge in [0.2, 0.25) is 5.12 Å². The molecule has 0 fully saturated rings. The zero-order chi connectivity index (χ0) is 6.41. The molecule has 2 nitrogen and oxygen atoms in total. The molecule has 0 bridgehead atoms. The summed E-state index contributed by atoms with van der Waals surface area (Å²) in [5.41, 5.74) is 0. The third-order valence-corrected chi connectivity index (χ3v) is 0.697. The van der Waals surface area contributed by atoms with Crippen LogP contribution in [0.25, 0.3) is 0 Å². The van der Waals surface area contributed by atoms with Crippen LogP contribution in [0.15, 0.2) is 12.3 Å². The first-order chi connectivity index (χ1) is 3.77. The number of carbonyl (C=O) groups excluding carboxylic acids is 1. The molecule has 0 saturated heterocycles. The van der Waals surface area contributed by atoms with Crippen molar-refractivity contribution in [1.29, 1.82) is 0 Å². The second-order valence-corrected chi connectivity index (χ2v) is 1.67. The van der Waals surface area contributed by atoms with E-state index in [1.807, 2.05) is 6.92 Å². The molecular weight excluding hydrogens is 122 g/mol. The van der Waals surface area contributed by atoms with Gasteiger partial charge in [-0.15, -0.1) is 12.6 Å². The summed E-state index contributed by atoms with van der Waals surface area (Å²) in [5, 5.41) is 2.60. The average Bonchev–Trinajstić information content (AvgIpc) is 1.66. The minimum Gasteiger partial charge on any atom is -0.391 e. The van der Waals surface area contributed by atoms with Crippen LogP contribution in [-0.2, 0) is 4.79 Å². The number of carbonyl (C=O) groups is 1. The number of thiol groups is 1. The third kappa shape index (κ3) is 5.56. The molecule has 8 heavy (non-hydrogen) atoms. The van der Waals surface area contributed by atoms with E-state index in [0.717, 1.165) is 6.54 Å². The van der Waals surface area contributed by atoms with E-state index in [0.29, 0.717) is 0 Å². The van der Waals surface area contributed by atoms with E-state index in [9.17, 15) is 4.79 Å². The van der Waals surface area contributed by atoms with Gasteiger partial charge in [0.25, 0.3) is 0 Å². The van der Waals surface area contributed by atoms with E-state index < -0.39 is 0 Å². The van der Waals surface area contributed by atoms with Gasteiger partial charge in [0.1, 0.15) is 0 Å². The first kappa shape index (κ1) is 7.56. The van der Waals surface area contributed by atoms with E-state index in [4.69, 9.17) is 0 Å². The monoisotopic (exact) mass is 131 g/mol. The minimum atomic E-state index is -0.231. The van der Waals surface area contributed by atoms with Crippen molar-refractivity contribution in [1.82, 2.24) is 5.32 Å². The Morgan fingerprint density at radius 3 is 2.88 bits per heavy atom. The van der Waals surface area contributed by atoms with E-state index in [1.165, 1.54) is 6.08 Å². The second-order valence-electron chi connectivity index (χ2n) is 1.23. The molecule has 0 unspecified atom stereocenters. The maximum absolute atomic E-state index is 10.1. The Balaban J connectivity index is 3.20. The third-order valence-electron chi connectivity index (χ3n) is 0.548. The molecule has 0 saturated carbocycles. The lowest BCUT2D eigenvalue weighted by atomic mass is 10.6. The molecule has 0 aliphatic heterocycles. The first-order valence-electron chi connectivity index (χ1n) is 2.40. The standard InChI is InChI=1S/C5H9NOS/c1-2-6-4-3-5(7)8/h3-4,6H,2H2,1H3,(H,7,8)/b4-3+. The molecule has 0 rings (SSSR count). The fraction of sp³-hybridized carbons (Fsp3) is 0.400. The van der Waals surface area contributed by atoms with E-state index in [2.05, 4.69) is 17.9 Å². The van der Waals surface area contributed by atoms with Gasteiger partial charge < -0.3 is 5.32 Å². The zero-order valence-corrected chi connectivity index (χ0v) is 5.61. The van der Waals surface area contributed by atoms with Gasteiger partial charge in [0, 0.05) is 18.8 Å². The summed E-state index contributed by atoms with van der Waals surface area (Å²) < 4.78 is 0. The van der Waals surface area contributed by atoms with Crippen molar-refractivity contribution in [3.05, 3.63) is 12.3 Å². The van der Waals surface area contributed by atoms with Gasteiger partial charge >= 0.3 is 0 Å². The number of rotatable bonds is 3. The SMILES string of the molecule is CCN/C=C/C(=O)S. The number of hydrogen-bond donors (Lipinski definition) is 2. The minimum absolute atomic E-state index is 0.231. The Kier molecular flexibility index (Phi) is 4.45. The fourth-order valence-corrected chi connectivity index (χ4v) is 0.323. The average molecular weight is 131 g/mol. The van der Waals surface area contributed by atoms with Gasteiger partial charge in [-0.1, -0.05) is 0 Å². The lowest BCUT2D eigenvalue weighted by molar-refractivity contribution is -0.106. The van der Waals surface area contributed by atoms with Crippen molar-refractivity contribution in [3.8, 4) is 0 Å². The van der Waals surface area contributed by atoms with E-state index >= 15 is 0 Å². The van der Waals surface area contributed by atoms with Crippen molar-refractivity contribution in [2.75, 3.05) is 6.54 Å². The fourth-order valence-electron chi connectivity index (χ4n) is 0.248. The van der Waals surface area contributed by atoms with Crippen LogP contribution in [0.5, 0.6) is 0 Å². The Bertz CT molecular complexity index is 101. The van der Waals surface area contributed by atoms with Gasteiger partial charge in [-0.25, -0.2) is 0 Å². The highest BCUT2D eigenvalue weighted by molar-refractivity contribution is 7.97. The van der Waals surface area contributed by atoms with Crippen LogP contribution in [0.4, 0.5) is 0 Å². The summed E-state index contributed by atoms with van der Waals surface area (Å²) in [6, 6.07) is 0. The zero-order valence-electron chi connectivity index (χ0n) is 4.72. The van der Waals surface area contributed by atoms with Crippen LogP contribution in [0.1, 0.15) is 6.92 Å². The molecule has 0 aromatic rings. The van der Waals surface area contributed by atoms with Crippen LogP contribution in [0, 0.1) is 0 Å². The molecule has 0 amide bonds. The van der Waals surface area contributed by atoms with Crippen molar-refractivity contribution in [3.63, 3.8) is 0 Å². The molecular formula is C5H9NOS. The summed E-state index contributed by atoms with van der Waals surface area (Å²) in [6.45, 7) is 2.78. The van der Waals surface area contributed by atoms with Crippen LogP contribution in [0.2, 0.25) is 0 Å². The van der Waals surface area contributed by atoms with Crippen molar-refractivity contribution in [2.24, 2.45) is 0 Å². The van der Waals surface area contributed by atoms with Gasteiger partial charge in [0.05, 0.1) is 0 Å². The van der Waals surface area contributed by atoms with E-state index in [-0.39, 0.29) is 5.12 Å². The predicted octanol–water partition coefficient (Wildman–Crippen LogP) is 0.566. The molecule has 0 radical (unpaired) electrons. The topological polar surface area (TPSA) is 29.1 Å². The lowest BCUT2D eigenvalue weighted by Crippen LogP contribution is -2.01. The molecule has 0 aliphatic carbocycles. The number of hydrogen-bond acceptors (Lipinski definition) is 2. The van der Waals surface area contributed by atoms with Crippen molar-refractivity contribution in [2.45, 2.75) is 6.92 Å². The molecule has 0 aromatic heterocycles. The molecule has 0 aromatic carbocycles. The molecule has 0 heterocycles. The molecule has 0 atom stereocenters. The normalized spacial score (nSPS) is 9.75. The largest absolute Gasteiger partial charge is 0.391 e. The summed E-state index contributed by atoms with van der Waals surface area (Å²) in [6.07, 6.45) is 2.95. The van der Waals surface area contributed by atoms with Gasteiger partial charge in [-0.05, 0) is 6.92 Å². The highest BCUT2D eigenvalue weighted by Gasteiger charge is 1.78. The van der Waals surface area contributed by atoms with Crippen LogP contribution < -0.4 is 5.32 Å². The maximum Gasteiger partial charge on any atom is 0.210 e. The van der Waals surface area contributed by atoms with Crippen molar-refractivity contribution >= 4 is 17.7 Å². The smallest absolute Gasteiger partial charge is 0.210 e. The highest BCUT2D eigenvalue weighted by Crippen LogP contribution is 1.77. The Labute approximate surface area is 54.4 Å². The Morgan fingerprint density at radius 1 is 1.88 bits per heavy atom. The second kappa shape index (κ2) is 4.71.